The van der Waals surface area contributed by atoms with Crippen LogP contribution in [-0.4, -0.2) is 84.5 Å². The number of ether oxygens (including phenoxy) is 2. The van der Waals surface area contributed by atoms with Crippen LogP contribution in [-0.2, 0) is 40.0 Å². The molecular formula is C37H46Cl3N7O7. The van der Waals surface area contributed by atoms with Gasteiger partial charge in [-0.05, 0) is 63.3 Å². The van der Waals surface area contributed by atoms with Gasteiger partial charge in [-0.1, -0.05) is 79.0 Å². The fraction of sp³-hybridized carbons (Fsp3) is 0.486. The highest BCUT2D eigenvalue weighted by atomic mass is 35.6. The van der Waals surface area contributed by atoms with E-state index in [1.54, 1.807) is 65.2 Å². The zero-order chi connectivity index (χ0) is 39.8. The second-order valence-corrected chi connectivity index (χ2v) is 16.5. The van der Waals surface area contributed by atoms with Crippen LogP contribution in [0.5, 0.6) is 0 Å². The number of hydrogen-bond acceptors (Lipinski definition) is 10. The number of rotatable bonds is 14. The molecule has 3 heterocycles. The fourth-order valence-corrected chi connectivity index (χ4v) is 5.79. The van der Waals surface area contributed by atoms with Crippen molar-refractivity contribution >= 4 is 81.4 Å². The van der Waals surface area contributed by atoms with Crippen LogP contribution in [0.2, 0.25) is 0 Å². The molecule has 17 heteroatoms. The minimum absolute atomic E-state index is 0.0180. The third kappa shape index (κ3) is 12.1. The number of esters is 2. The topological polar surface area (TPSA) is 174 Å². The molecule has 0 unspecified atom stereocenters. The molecule has 0 radical (unpaired) electrons. The van der Waals surface area contributed by atoms with Crippen molar-refractivity contribution in [3.63, 3.8) is 0 Å². The Morgan fingerprint density at radius 1 is 1.07 bits per heavy atom. The SMILES string of the molecule is CC(=O)O[C@H](C)c1ccc2ccc(C=CC(C)(C)C(=O)N[C@H](C(=O)N[C@@H](Cn3cccn3)C(=O)N3CCC[C@@H](C(=O)OCC(Cl)(Cl)Cl)N3)C(C)C)cc2n1. The quantitative estimate of drug-likeness (QED) is 0.151. The van der Waals surface area contributed by atoms with Crippen LogP contribution in [0, 0.1) is 11.3 Å². The lowest BCUT2D eigenvalue weighted by Crippen LogP contribution is -2.62. The molecule has 1 aromatic carbocycles. The highest BCUT2D eigenvalue weighted by Gasteiger charge is 2.37. The number of pyridine rings is 1. The maximum atomic E-state index is 13.9. The molecule has 4 atom stereocenters. The van der Waals surface area contributed by atoms with E-state index in [0.717, 1.165) is 10.9 Å². The van der Waals surface area contributed by atoms with Crippen LogP contribution >= 0.6 is 34.8 Å². The van der Waals surface area contributed by atoms with E-state index in [4.69, 9.17) is 44.3 Å². The minimum Gasteiger partial charge on any atom is -0.460 e. The Labute approximate surface area is 329 Å². The Hall–Kier alpha value is -4.24. The van der Waals surface area contributed by atoms with Crippen LogP contribution < -0.4 is 16.1 Å². The molecule has 292 valence electrons. The van der Waals surface area contributed by atoms with Crippen molar-refractivity contribution in [1.82, 2.24) is 35.8 Å². The van der Waals surface area contributed by atoms with Gasteiger partial charge in [-0.2, -0.15) is 5.10 Å². The van der Waals surface area contributed by atoms with Crippen LogP contribution in [0.4, 0.5) is 0 Å². The predicted octanol–water partition coefficient (Wildman–Crippen LogP) is 4.83. The largest absolute Gasteiger partial charge is 0.460 e. The lowest BCUT2D eigenvalue weighted by molar-refractivity contribution is -0.153. The zero-order valence-electron chi connectivity index (χ0n) is 31.0. The van der Waals surface area contributed by atoms with Crippen molar-refractivity contribution in [2.45, 2.75) is 89.0 Å². The Morgan fingerprint density at radius 2 is 1.80 bits per heavy atom. The van der Waals surface area contributed by atoms with Crippen molar-refractivity contribution in [3.05, 3.63) is 66.1 Å². The van der Waals surface area contributed by atoms with Crippen LogP contribution in [0.1, 0.15) is 71.7 Å². The number of hydrazine groups is 1. The standard InChI is InChI=1S/C37H46Cl3N7O7/c1-22(2)31(44-35(52)36(5,6)15-14-25-10-11-26-12-13-27(42-29(26)19-25)23(3)54-24(4)48)32(49)43-30(20-46-17-8-16-41-46)33(50)47-18-7-9-28(45-47)34(51)53-21-37(38,39)40/h8,10-17,19,22-23,28,30-31,45H,7,9,18,20-21H2,1-6H3,(H,43,49)(H,44,52)/t23-,28+,30+,31+/m1/s1. The van der Waals surface area contributed by atoms with E-state index in [1.807, 2.05) is 30.3 Å². The van der Waals surface area contributed by atoms with Crippen LogP contribution in [0.3, 0.4) is 0 Å². The van der Waals surface area contributed by atoms with Gasteiger partial charge in [-0.25, -0.2) is 10.4 Å². The summed E-state index contributed by atoms with van der Waals surface area (Å²) in [5, 5.41) is 12.0. The number of amides is 3. The van der Waals surface area contributed by atoms with Gasteiger partial charge in [-0.15, -0.1) is 0 Å². The summed E-state index contributed by atoms with van der Waals surface area (Å²) in [4.78, 5) is 70.2. The lowest BCUT2D eigenvalue weighted by atomic mass is 9.89. The van der Waals surface area contributed by atoms with Gasteiger partial charge in [-0.3, -0.25) is 33.7 Å². The first-order chi connectivity index (χ1) is 25.3. The van der Waals surface area contributed by atoms with E-state index in [2.05, 4.69) is 26.1 Å². The second kappa shape index (κ2) is 18.4. The van der Waals surface area contributed by atoms with E-state index in [-0.39, 0.29) is 19.0 Å². The average molecular weight is 807 g/mol. The van der Waals surface area contributed by atoms with E-state index < -0.39 is 69.7 Å². The molecule has 1 fully saturated rings. The summed E-state index contributed by atoms with van der Waals surface area (Å²) in [6, 6.07) is 8.08. The smallest absolute Gasteiger partial charge is 0.325 e. The molecule has 0 bridgehead atoms. The normalized spacial score (nSPS) is 16.9. The summed E-state index contributed by atoms with van der Waals surface area (Å²) in [5.41, 5.74) is 3.92. The first-order valence-electron chi connectivity index (χ1n) is 17.5. The Bertz CT molecular complexity index is 1850. The first-order valence-corrected chi connectivity index (χ1v) is 18.6. The molecule has 3 amide bonds. The van der Waals surface area contributed by atoms with Gasteiger partial charge < -0.3 is 20.1 Å². The molecular weight excluding hydrogens is 761 g/mol. The maximum absolute atomic E-state index is 13.9. The van der Waals surface area contributed by atoms with Gasteiger partial charge in [0.25, 0.3) is 5.91 Å². The number of aromatic nitrogens is 3. The number of carbonyl (C=O) groups excluding carboxylic acids is 5. The minimum atomic E-state index is -1.79. The van der Waals surface area contributed by atoms with Crippen LogP contribution in [0.25, 0.3) is 17.0 Å². The number of hydrogen-bond donors (Lipinski definition) is 3. The van der Waals surface area contributed by atoms with Crippen molar-refractivity contribution < 1.29 is 33.4 Å². The van der Waals surface area contributed by atoms with Gasteiger partial charge in [0, 0.05) is 31.2 Å². The summed E-state index contributed by atoms with van der Waals surface area (Å²) in [6.07, 6.45) is 7.07. The molecule has 1 aliphatic rings. The third-order valence-corrected chi connectivity index (χ3v) is 9.00. The molecule has 1 saturated heterocycles. The highest BCUT2D eigenvalue weighted by Crippen LogP contribution is 2.27. The molecule has 14 nitrogen and oxygen atoms in total. The van der Waals surface area contributed by atoms with E-state index in [1.165, 1.54) is 16.6 Å². The van der Waals surface area contributed by atoms with Crippen molar-refractivity contribution in [2.24, 2.45) is 11.3 Å². The number of nitrogens with zero attached hydrogens (tertiary/aromatic N) is 4. The van der Waals surface area contributed by atoms with Gasteiger partial charge in [0.1, 0.15) is 30.8 Å². The Morgan fingerprint density at radius 3 is 2.44 bits per heavy atom. The third-order valence-electron chi connectivity index (χ3n) is 8.67. The maximum Gasteiger partial charge on any atom is 0.325 e. The number of carbonyl (C=O) groups is 5. The number of nitrogens with one attached hydrogen (secondary N) is 3. The molecule has 4 rings (SSSR count). The van der Waals surface area contributed by atoms with Gasteiger partial charge in [0.2, 0.25) is 15.6 Å². The van der Waals surface area contributed by atoms with E-state index >= 15 is 0 Å². The lowest BCUT2D eigenvalue weighted by Gasteiger charge is -2.35. The molecule has 0 aliphatic carbocycles. The van der Waals surface area contributed by atoms with Gasteiger partial charge in [0.05, 0.1) is 23.2 Å². The summed E-state index contributed by atoms with van der Waals surface area (Å²) >= 11 is 17.1. The average Bonchev–Trinajstić information content (AvgIpc) is 3.63. The zero-order valence-corrected chi connectivity index (χ0v) is 33.2. The molecule has 3 N–H and O–H groups in total. The molecule has 0 saturated carbocycles. The van der Waals surface area contributed by atoms with Crippen molar-refractivity contribution in [2.75, 3.05) is 13.2 Å². The summed E-state index contributed by atoms with van der Waals surface area (Å²) in [6.45, 7) is 9.91. The molecule has 0 spiro atoms. The van der Waals surface area contributed by atoms with Crippen LogP contribution in [0.15, 0.2) is 54.9 Å². The second-order valence-electron chi connectivity index (χ2n) is 14.0. The number of halogens is 3. The molecule has 54 heavy (non-hydrogen) atoms. The molecule has 3 aromatic rings. The summed E-state index contributed by atoms with van der Waals surface area (Å²) in [5.74, 6) is -2.94. The predicted molar refractivity (Wildman–Crippen MR) is 205 cm³/mol. The van der Waals surface area contributed by atoms with Crippen molar-refractivity contribution in [3.8, 4) is 0 Å². The number of benzene rings is 1. The molecule has 2 aromatic heterocycles. The molecule has 1 aliphatic heterocycles. The number of fused-ring (bicyclic) bond motifs is 1. The monoisotopic (exact) mass is 805 g/mol. The fourth-order valence-electron chi connectivity index (χ4n) is 5.63. The van der Waals surface area contributed by atoms with Gasteiger partial charge in [0.15, 0.2) is 0 Å². The summed E-state index contributed by atoms with van der Waals surface area (Å²) < 4.78 is 10.1. The first kappa shape index (κ1) is 42.5. The number of alkyl halides is 3. The van der Waals surface area contributed by atoms with Gasteiger partial charge >= 0.3 is 11.9 Å². The Kier molecular flexibility index (Phi) is 14.5. The van der Waals surface area contributed by atoms with E-state index in [0.29, 0.717) is 24.1 Å². The Balaban J connectivity index is 1.46. The summed E-state index contributed by atoms with van der Waals surface area (Å²) in [7, 11) is 0. The van der Waals surface area contributed by atoms with E-state index in [9.17, 15) is 24.0 Å². The van der Waals surface area contributed by atoms with Crippen molar-refractivity contribution in [1.29, 1.82) is 0 Å². The highest BCUT2D eigenvalue weighted by molar-refractivity contribution is 6.67.